The van der Waals surface area contributed by atoms with Crippen LogP contribution in [0, 0.1) is 5.92 Å². The Kier molecular flexibility index (Phi) is 5.18. The third-order valence-corrected chi connectivity index (χ3v) is 5.71. The van der Waals surface area contributed by atoms with Crippen LogP contribution in [0.5, 0.6) is 0 Å². The van der Waals surface area contributed by atoms with Crippen LogP contribution in [0.15, 0.2) is 30.3 Å². The maximum absolute atomic E-state index is 11.6. The van der Waals surface area contributed by atoms with Crippen molar-refractivity contribution in [2.24, 2.45) is 11.7 Å². The van der Waals surface area contributed by atoms with Gasteiger partial charge in [-0.05, 0) is 24.4 Å². The van der Waals surface area contributed by atoms with Crippen molar-refractivity contribution < 1.29 is 8.42 Å². The Labute approximate surface area is 121 Å². The van der Waals surface area contributed by atoms with E-state index in [9.17, 15) is 8.42 Å². The summed E-state index contributed by atoms with van der Waals surface area (Å²) in [5.41, 5.74) is 7.44. The molecule has 0 radical (unpaired) electrons. The number of hydrogen-bond donors (Lipinski definition) is 1. The third kappa shape index (κ3) is 4.30. The Morgan fingerprint density at radius 3 is 2.60 bits per heavy atom. The SMILES string of the molecule is CC(CN1CCCS(=O)(=O)CC1)C(N)c1ccccc1. The third-order valence-electron chi connectivity index (χ3n) is 3.99. The van der Waals surface area contributed by atoms with E-state index in [0.717, 1.165) is 25.1 Å². The highest BCUT2D eigenvalue weighted by molar-refractivity contribution is 7.91. The van der Waals surface area contributed by atoms with E-state index < -0.39 is 9.84 Å². The average molecular weight is 296 g/mol. The van der Waals surface area contributed by atoms with Crippen molar-refractivity contribution in [3.05, 3.63) is 35.9 Å². The number of sulfone groups is 1. The second kappa shape index (κ2) is 6.70. The smallest absolute Gasteiger partial charge is 0.151 e. The maximum atomic E-state index is 11.6. The van der Waals surface area contributed by atoms with Crippen molar-refractivity contribution >= 4 is 9.84 Å². The van der Waals surface area contributed by atoms with Gasteiger partial charge in [0.2, 0.25) is 0 Å². The average Bonchev–Trinajstić information content (AvgIpc) is 2.60. The summed E-state index contributed by atoms with van der Waals surface area (Å²) >= 11 is 0. The molecular weight excluding hydrogens is 272 g/mol. The van der Waals surface area contributed by atoms with Gasteiger partial charge in [0.05, 0.1) is 11.5 Å². The quantitative estimate of drug-likeness (QED) is 0.913. The zero-order valence-electron chi connectivity index (χ0n) is 12.0. The molecule has 4 nitrogen and oxygen atoms in total. The Morgan fingerprint density at radius 2 is 1.90 bits per heavy atom. The van der Waals surface area contributed by atoms with E-state index in [1.54, 1.807) is 0 Å². The fourth-order valence-electron chi connectivity index (χ4n) is 2.70. The summed E-state index contributed by atoms with van der Waals surface area (Å²) in [7, 11) is -2.83. The minimum atomic E-state index is -2.83. The summed E-state index contributed by atoms with van der Waals surface area (Å²) in [6, 6.07) is 10.1. The summed E-state index contributed by atoms with van der Waals surface area (Å²) in [4.78, 5) is 2.23. The summed E-state index contributed by atoms with van der Waals surface area (Å²) in [6.07, 6.45) is 0.732. The highest BCUT2D eigenvalue weighted by atomic mass is 32.2. The molecule has 0 saturated carbocycles. The van der Waals surface area contributed by atoms with Gasteiger partial charge >= 0.3 is 0 Å². The fourth-order valence-corrected chi connectivity index (χ4v) is 4.01. The first-order chi connectivity index (χ1) is 9.48. The molecule has 1 aliphatic heterocycles. The van der Waals surface area contributed by atoms with Gasteiger partial charge in [-0.1, -0.05) is 37.3 Å². The van der Waals surface area contributed by atoms with Crippen LogP contribution in [-0.2, 0) is 9.84 Å². The molecule has 1 aromatic rings. The normalized spacial score (nSPS) is 22.9. The van der Waals surface area contributed by atoms with Crippen molar-refractivity contribution in [1.82, 2.24) is 4.90 Å². The molecule has 1 aromatic carbocycles. The van der Waals surface area contributed by atoms with E-state index in [4.69, 9.17) is 5.73 Å². The van der Waals surface area contributed by atoms with Crippen molar-refractivity contribution in [2.45, 2.75) is 19.4 Å². The predicted octanol–water partition coefficient (Wildman–Crippen LogP) is 1.44. The lowest BCUT2D eigenvalue weighted by Gasteiger charge is -2.27. The van der Waals surface area contributed by atoms with Gasteiger partial charge in [-0.15, -0.1) is 0 Å². The van der Waals surface area contributed by atoms with Gasteiger partial charge in [-0.3, -0.25) is 0 Å². The zero-order valence-corrected chi connectivity index (χ0v) is 12.8. The molecule has 1 aliphatic rings. The molecule has 1 fully saturated rings. The molecule has 1 saturated heterocycles. The molecule has 0 aliphatic carbocycles. The van der Waals surface area contributed by atoms with Gasteiger partial charge in [-0.2, -0.15) is 0 Å². The van der Waals surface area contributed by atoms with E-state index in [2.05, 4.69) is 11.8 Å². The topological polar surface area (TPSA) is 63.4 Å². The summed E-state index contributed by atoms with van der Waals surface area (Å²) in [6.45, 7) is 4.47. The lowest BCUT2D eigenvalue weighted by atomic mass is 9.95. The molecule has 0 aromatic heterocycles. The van der Waals surface area contributed by atoms with E-state index in [1.165, 1.54) is 0 Å². The molecular formula is C15H24N2O2S. The minimum absolute atomic E-state index is 0.00365. The number of nitrogens with zero attached hydrogens (tertiary/aromatic N) is 1. The van der Waals surface area contributed by atoms with Crippen molar-refractivity contribution in [2.75, 3.05) is 31.1 Å². The van der Waals surface area contributed by atoms with Crippen LogP contribution < -0.4 is 5.73 Å². The van der Waals surface area contributed by atoms with Gasteiger partial charge in [0.25, 0.3) is 0 Å². The van der Waals surface area contributed by atoms with Gasteiger partial charge in [0.1, 0.15) is 0 Å². The molecule has 2 unspecified atom stereocenters. The van der Waals surface area contributed by atoms with E-state index in [-0.39, 0.29) is 11.8 Å². The van der Waals surface area contributed by atoms with Gasteiger partial charge in [0, 0.05) is 19.1 Å². The Balaban J connectivity index is 1.92. The summed E-state index contributed by atoms with van der Waals surface area (Å²) < 4.78 is 23.2. The molecule has 5 heteroatoms. The van der Waals surface area contributed by atoms with Crippen molar-refractivity contribution in [3.63, 3.8) is 0 Å². The lowest BCUT2D eigenvalue weighted by molar-refractivity contribution is 0.237. The fraction of sp³-hybridized carbons (Fsp3) is 0.600. The number of benzene rings is 1. The van der Waals surface area contributed by atoms with Crippen LogP contribution in [0.2, 0.25) is 0 Å². The highest BCUT2D eigenvalue weighted by Crippen LogP contribution is 2.20. The standard InChI is InChI=1S/C15H24N2O2S/c1-13(15(16)14-6-3-2-4-7-14)12-17-8-5-10-20(18,19)11-9-17/h2-4,6-7,13,15H,5,8-12,16H2,1H3. The van der Waals surface area contributed by atoms with Crippen molar-refractivity contribution in [1.29, 1.82) is 0 Å². The molecule has 1 heterocycles. The van der Waals surface area contributed by atoms with E-state index in [1.807, 2.05) is 30.3 Å². The Bertz CT molecular complexity index is 516. The van der Waals surface area contributed by atoms with E-state index >= 15 is 0 Å². The highest BCUT2D eigenvalue weighted by Gasteiger charge is 2.22. The first kappa shape index (κ1) is 15.5. The largest absolute Gasteiger partial charge is 0.324 e. The first-order valence-electron chi connectivity index (χ1n) is 7.21. The number of nitrogens with two attached hydrogens (primary N) is 1. The van der Waals surface area contributed by atoms with Crippen LogP contribution in [0.1, 0.15) is 24.9 Å². The maximum Gasteiger partial charge on any atom is 0.151 e. The van der Waals surface area contributed by atoms with Crippen LogP contribution >= 0.6 is 0 Å². The number of rotatable bonds is 4. The van der Waals surface area contributed by atoms with Crippen molar-refractivity contribution in [3.8, 4) is 0 Å². The minimum Gasteiger partial charge on any atom is -0.324 e. The summed E-state index contributed by atoms with van der Waals surface area (Å²) in [5, 5.41) is 0. The van der Waals surface area contributed by atoms with Gasteiger partial charge < -0.3 is 10.6 Å². The van der Waals surface area contributed by atoms with Gasteiger partial charge in [0.15, 0.2) is 9.84 Å². The molecule has 2 N–H and O–H groups in total. The second-order valence-electron chi connectivity index (χ2n) is 5.72. The summed E-state index contributed by atoms with van der Waals surface area (Å²) in [5.74, 6) is 0.904. The molecule has 2 atom stereocenters. The van der Waals surface area contributed by atoms with E-state index in [0.29, 0.717) is 18.2 Å². The van der Waals surface area contributed by atoms with Crippen LogP contribution in [0.3, 0.4) is 0 Å². The molecule has 112 valence electrons. The molecule has 0 amide bonds. The Hall–Kier alpha value is -0.910. The molecule has 0 spiro atoms. The second-order valence-corrected chi connectivity index (χ2v) is 8.02. The predicted molar refractivity (Wildman–Crippen MR) is 82.2 cm³/mol. The zero-order chi connectivity index (χ0) is 14.6. The molecule has 0 bridgehead atoms. The van der Waals surface area contributed by atoms with Crippen LogP contribution in [0.4, 0.5) is 0 Å². The monoisotopic (exact) mass is 296 g/mol. The first-order valence-corrected chi connectivity index (χ1v) is 9.03. The van der Waals surface area contributed by atoms with Gasteiger partial charge in [-0.25, -0.2) is 8.42 Å². The molecule has 20 heavy (non-hydrogen) atoms. The molecule has 2 rings (SSSR count). The lowest BCUT2D eigenvalue weighted by Crippen LogP contribution is -2.35. The number of hydrogen-bond acceptors (Lipinski definition) is 4. The van der Waals surface area contributed by atoms with Crippen LogP contribution in [-0.4, -0.2) is 44.5 Å². The Morgan fingerprint density at radius 1 is 1.20 bits per heavy atom. The van der Waals surface area contributed by atoms with Crippen LogP contribution in [0.25, 0.3) is 0 Å².